The van der Waals surface area contributed by atoms with Crippen LogP contribution in [0.1, 0.15) is 23.7 Å². The van der Waals surface area contributed by atoms with Crippen molar-refractivity contribution in [2.75, 3.05) is 19.0 Å². The van der Waals surface area contributed by atoms with Crippen LogP contribution < -0.4 is 4.90 Å². The van der Waals surface area contributed by atoms with E-state index in [1.807, 2.05) is 32.1 Å². The minimum Gasteiger partial charge on any atom is -0.354 e. The number of aromatic nitrogens is 4. The molecule has 22 heavy (non-hydrogen) atoms. The highest BCUT2D eigenvalue weighted by atomic mass is 35.5. The molecule has 0 saturated carbocycles. The number of anilines is 1. The number of rotatable bonds is 4. The second-order valence-corrected chi connectivity index (χ2v) is 7.53. The zero-order valence-electron chi connectivity index (χ0n) is 12.7. The fourth-order valence-corrected chi connectivity index (χ4v) is 4.05. The molecule has 116 valence electrons. The highest BCUT2D eigenvalue weighted by Gasteiger charge is 2.21. The normalized spacial score (nSPS) is 12.6. The first-order valence-corrected chi connectivity index (χ1v) is 8.83. The Morgan fingerprint density at radius 1 is 1.32 bits per heavy atom. The minimum atomic E-state index is 0.100. The van der Waals surface area contributed by atoms with Gasteiger partial charge in [0.2, 0.25) is 0 Å². The van der Waals surface area contributed by atoms with E-state index in [0.717, 1.165) is 26.5 Å². The van der Waals surface area contributed by atoms with Crippen LogP contribution in [-0.2, 0) is 0 Å². The number of hydrogen-bond acceptors (Lipinski definition) is 6. The lowest BCUT2D eigenvalue weighted by molar-refractivity contribution is 0.630. The molecule has 0 aliphatic rings. The lowest BCUT2D eigenvalue weighted by Gasteiger charge is -2.13. The van der Waals surface area contributed by atoms with Crippen LogP contribution >= 0.6 is 34.3 Å². The molecule has 0 spiro atoms. The predicted octanol–water partition coefficient (Wildman–Crippen LogP) is 4.10. The van der Waals surface area contributed by atoms with E-state index in [2.05, 4.69) is 31.8 Å². The Bertz CT molecular complexity index is 789. The topological polar surface area (TPSA) is 46.8 Å². The molecule has 0 N–H and O–H groups in total. The molecule has 3 aromatic rings. The molecule has 0 aromatic carbocycles. The Hall–Kier alpha value is -1.44. The van der Waals surface area contributed by atoms with Crippen LogP contribution in [0.5, 0.6) is 0 Å². The minimum absolute atomic E-state index is 0.100. The number of nitrogens with zero attached hydrogens (tertiary/aromatic N) is 5. The Kier molecular flexibility index (Phi) is 4.20. The number of imidazole rings is 1. The van der Waals surface area contributed by atoms with E-state index in [4.69, 9.17) is 11.6 Å². The fraction of sp³-hybridized carbons (Fsp3) is 0.357. The van der Waals surface area contributed by atoms with Gasteiger partial charge in [-0.15, -0.1) is 11.3 Å². The summed E-state index contributed by atoms with van der Waals surface area (Å²) >= 11 is 9.51. The second-order valence-electron chi connectivity index (χ2n) is 5.14. The summed E-state index contributed by atoms with van der Waals surface area (Å²) in [5, 5.41) is 4.51. The van der Waals surface area contributed by atoms with Crippen molar-refractivity contribution >= 4 is 39.4 Å². The molecular formula is C14H16ClN5S2. The standard InChI is InChI=1S/C14H16ClN5S2/c1-8(10-7-21-9(2)17-10)20-6-5-16-13(20)11-12(15)18-14(22-11)19(3)4/h5-8H,1-4H3. The first-order chi connectivity index (χ1) is 10.5. The third-order valence-electron chi connectivity index (χ3n) is 3.31. The smallest absolute Gasteiger partial charge is 0.186 e. The molecule has 5 nitrogen and oxygen atoms in total. The summed E-state index contributed by atoms with van der Waals surface area (Å²) in [7, 11) is 3.90. The maximum atomic E-state index is 6.31. The van der Waals surface area contributed by atoms with Crippen molar-refractivity contribution in [1.82, 2.24) is 19.5 Å². The van der Waals surface area contributed by atoms with Crippen molar-refractivity contribution in [3.8, 4) is 10.7 Å². The SMILES string of the molecule is Cc1nc(C(C)n2ccnc2-c2sc(N(C)C)nc2Cl)cs1. The van der Waals surface area contributed by atoms with E-state index >= 15 is 0 Å². The highest BCUT2D eigenvalue weighted by molar-refractivity contribution is 7.19. The summed E-state index contributed by atoms with van der Waals surface area (Å²) in [5.41, 5.74) is 1.04. The third-order valence-corrected chi connectivity index (χ3v) is 5.71. The van der Waals surface area contributed by atoms with E-state index in [1.165, 1.54) is 11.3 Å². The van der Waals surface area contributed by atoms with Gasteiger partial charge in [0.1, 0.15) is 4.88 Å². The summed E-state index contributed by atoms with van der Waals surface area (Å²) in [4.78, 5) is 16.3. The van der Waals surface area contributed by atoms with Crippen LogP contribution in [0, 0.1) is 6.92 Å². The van der Waals surface area contributed by atoms with Gasteiger partial charge in [-0.3, -0.25) is 0 Å². The average molecular weight is 354 g/mol. The molecule has 3 rings (SSSR count). The first-order valence-electron chi connectivity index (χ1n) is 6.76. The summed E-state index contributed by atoms with van der Waals surface area (Å²) in [5.74, 6) is 0.828. The van der Waals surface area contributed by atoms with E-state index in [9.17, 15) is 0 Å². The average Bonchev–Trinajstić information content (AvgIpc) is 3.16. The van der Waals surface area contributed by atoms with Gasteiger partial charge in [0, 0.05) is 31.9 Å². The number of hydrogen-bond donors (Lipinski definition) is 0. The zero-order valence-corrected chi connectivity index (χ0v) is 15.1. The Morgan fingerprint density at radius 2 is 2.09 bits per heavy atom. The maximum Gasteiger partial charge on any atom is 0.186 e. The summed E-state index contributed by atoms with van der Waals surface area (Å²) < 4.78 is 2.09. The summed E-state index contributed by atoms with van der Waals surface area (Å²) in [6.07, 6.45) is 3.75. The quantitative estimate of drug-likeness (QED) is 0.708. The molecule has 8 heteroatoms. The largest absolute Gasteiger partial charge is 0.354 e. The van der Waals surface area contributed by atoms with Crippen LogP contribution in [0.2, 0.25) is 5.15 Å². The fourth-order valence-electron chi connectivity index (χ4n) is 2.14. The summed E-state index contributed by atoms with van der Waals surface area (Å²) in [6.45, 7) is 4.13. The van der Waals surface area contributed by atoms with Crippen LogP contribution in [0.3, 0.4) is 0 Å². The van der Waals surface area contributed by atoms with Crippen LogP contribution in [0.15, 0.2) is 17.8 Å². The molecule has 0 fully saturated rings. The lowest BCUT2D eigenvalue weighted by Crippen LogP contribution is -2.08. The Morgan fingerprint density at radius 3 is 2.68 bits per heavy atom. The van der Waals surface area contributed by atoms with Gasteiger partial charge in [-0.1, -0.05) is 22.9 Å². The lowest BCUT2D eigenvalue weighted by atomic mass is 10.2. The van der Waals surface area contributed by atoms with Crippen molar-refractivity contribution in [3.05, 3.63) is 33.6 Å². The van der Waals surface area contributed by atoms with Gasteiger partial charge in [0.15, 0.2) is 16.1 Å². The van der Waals surface area contributed by atoms with Crippen molar-refractivity contribution in [2.45, 2.75) is 19.9 Å². The van der Waals surface area contributed by atoms with Gasteiger partial charge < -0.3 is 9.47 Å². The monoisotopic (exact) mass is 353 g/mol. The molecule has 3 aromatic heterocycles. The van der Waals surface area contributed by atoms with Crippen LogP contribution in [0.25, 0.3) is 10.7 Å². The van der Waals surface area contributed by atoms with E-state index < -0.39 is 0 Å². The number of thiazole rings is 2. The van der Waals surface area contributed by atoms with Crippen LogP contribution in [0.4, 0.5) is 5.13 Å². The van der Waals surface area contributed by atoms with Crippen LogP contribution in [-0.4, -0.2) is 33.6 Å². The van der Waals surface area contributed by atoms with Crippen molar-refractivity contribution in [1.29, 1.82) is 0 Å². The zero-order chi connectivity index (χ0) is 15.9. The third kappa shape index (κ3) is 2.76. The molecule has 3 heterocycles. The molecule has 0 amide bonds. The van der Waals surface area contributed by atoms with Gasteiger partial charge in [-0.25, -0.2) is 15.0 Å². The van der Waals surface area contributed by atoms with Gasteiger partial charge in [0.05, 0.1) is 16.7 Å². The number of aryl methyl sites for hydroxylation is 1. The Labute approximate surface area is 142 Å². The maximum absolute atomic E-state index is 6.31. The molecule has 0 radical (unpaired) electrons. The second kappa shape index (κ2) is 5.98. The van der Waals surface area contributed by atoms with Gasteiger partial charge in [0.25, 0.3) is 0 Å². The van der Waals surface area contributed by atoms with Gasteiger partial charge in [-0.05, 0) is 13.8 Å². The van der Waals surface area contributed by atoms with E-state index in [0.29, 0.717) is 5.15 Å². The molecule has 0 aliphatic heterocycles. The Balaban J connectivity index is 2.02. The molecule has 1 unspecified atom stereocenters. The molecule has 0 bridgehead atoms. The van der Waals surface area contributed by atoms with E-state index in [-0.39, 0.29) is 6.04 Å². The van der Waals surface area contributed by atoms with Crippen molar-refractivity contribution in [2.24, 2.45) is 0 Å². The van der Waals surface area contributed by atoms with Gasteiger partial charge in [-0.2, -0.15) is 0 Å². The first kappa shape index (κ1) is 15.5. The molecule has 0 aliphatic carbocycles. The summed E-state index contributed by atoms with van der Waals surface area (Å²) in [6, 6.07) is 0.100. The predicted molar refractivity (Wildman–Crippen MR) is 93.3 cm³/mol. The highest BCUT2D eigenvalue weighted by Crippen LogP contribution is 2.37. The number of halogens is 1. The molecule has 0 saturated heterocycles. The van der Waals surface area contributed by atoms with E-state index in [1.54, 1.807) is 17.5 Å². The van der Waals surface area contributed by atoms with Crippen molar-refractivity contribution < 1.29 is 0 Å². The molecule has 1 atom stereocenters. The van der Waals surface area contributed by atoms with Gasteiger partial charge >= 0.3 is 0 Å². The molecular weight excluding hydrogens is 338 g/mol. The van der Waals surface area contributed by atoms with Crippen molar-refractivity contribution in [3.63, 3.8) is 0 Å².